The Kier molecular flexibility index (Phi) is 2.38. The SMILES string of the molecule is Cc1ccc2c(oc3c2ccc2c4ccccc4cnc23)c1C. The lowest BCUT2D eigenvalue weighted by atomic mass is 10.0. The number of aryl methyl sites for hydroxylation is 2. The largest absolute Gasteiger partial charge is 0.453 e. The standard InChI is InChI=1S/C21H15NO/c1-12-7-8-17-18-10-9-16-15-6-4-3-5-14(15)11-22-19(16)21(18)23-20(17)13(12)2/h3-11H,1-2H3. The summed E-state index contributed by atoms with van der Waals surface area (Å²) in [4.78, 5) is 4.69. The van der Waals surface area contributed by atoms with Crippen LogP contribution in [-0.4, -0.2) is 4.98 Å². The molecule has 0 unspecified atom stereocenters. The van der Waals surface area contributed by atoms with Gasteiger partial charge in [0, 0.05) is 27.7 Å². The van der Waals surface area contributed by atoms with Gasteiger partial charge in [0.05, 0.1) is 0 Å². The number of furan rings is 1. The van der Waals surface area contributed by atoms with Crippen LogP contribution >= 0.6 is 0 Å². The minimum atomic E-state index is 0.886. The fourth-order valence-corrected chi connectivity index (χ4v) is 3.46. The van der Waals surface area contributed by atoms with Crippen molar-refractivity contribution in [3.8, 4) is 0 Å². The molecule has 0 spiro atoms. The molecule has 0 saturated carbocycles. The molecule has 0 aliphatic carbocycles. The molecule has 0 saturated heterocycles. The predicted molar refractivity (Wildman–Crippen MR) is 96.0 cm³/mol. The van der Waals surface area contributed by atoms with Crippen LogP contribution in [0.2, 0.25) is 0 Å². The zero-order valence-corrected chi connectivity index (χ0v) is 13.1. The first-order chi connectivity index (χ1) is 11.2. The zero-order chi connectivity index (χ0) is 15.6. The second-order valence-corrected chi connectivity index (χ2v) is 6.17. The van der Waals surface area contributed by atoms with Crippen molar-refractivity contribution in [1.82, 2.24) is 4.98 Å². The van der Waals surface area contributed by atoms with E-state index in [9.17, 15) is 0 Å². The van der Waals surface area contributed by atoms with Gasteiger partial charge in [-0.25, -0.2) is 0 Å². The van der Waals surface area contributed by atoms with Gasteiger partial charge in [0.2, 0.25) is 0 Å². The minimum absolute atomic E-state index is 0.886. The van der Waals surface area contributed by atoms with Gasteiger partial charge in [-0.3, -0.25) is 4.98 Å². The number of aromatic nitrogens is 1. The lowest BCUT2D eigenvalue weighted by Crippen LogP contribution is -1.82. The van der Waals surface area contributed by atoms with Crippen LogP contribution in [0.5, 0.6) is 0 Å². The second kappa shape index (κ2) is 4.32. The van der Waals surface area contributed by atoms with Gasteiger partial charge in [-0.2, -0.15) is 0 Å². The lowest BCUT2D eigenvalue weighted by molar-refractivity contribution is 0.668. The third-order valence-corrected chi connectivity index (χ3v) is 4.89. The van der Waals surface area contributed by atoms with Crippen molar-refractivity contribution in [2.24, 2.45) is 0 Å². The summed E-state index contributed by atoms with van der Waals surface area (Å²) >= 11 is 0. The summed E-state index contributed by atoms with van der Waals surface area (Å²) in [5, 5.41) is 5.82. The van der Waals surface area contributed by atoms with Crippen LogP contribution in [0, 0.1) is 13.8 Å². The molecule has 0 fully saturated rings. The van der Waals surface area contributed by atoms with Crippen molar-refractivity contribution in [3.63, 3.8) is 0 Å². The third kappa shape index (κ3) is 1.61. The van der Waals surface area contributed by atoms with E-state index in [1.54, 1.807) is 0 Å². The van der Waals surface area contributed by atoms with Crippen LogP contribution in [0.25, 0.3) is 43.6 Å². The maximum absolute atomic E-state index is 6.26. The summed E-state index contributed by atoms with van der Waals surface area (Å²) in [6.07, 6.45) is 1.93. The lowest BCUT2D eigenvalue weighted by Gasteiger charge is -2.03. The van der Waals surface area contributed by atoms with Crippen LogP contribution in [0.15, 0.2) is 59.1 Å². The first kappa shape index (κ1) is 12.7. The molecule has 0 atom stereocenters. The van der Waals surface area contributed by atoms with Gasteiger partial charge in [-0.05, 0) is 36.4 Å². The molecular weight excluding hydrogens is 282 g/mol. The van der Waals surface area contributed by atoms with Gasteiger partial charge in [0.1, 0.15) is 11.1 Å². The van der Waals surface area contributed by atoms with Gasteiger partial charge < -0.3 is 4.42 Å². The van der Waals surface area contributed by atoms with E-state index in [0.717, 1.165) is 32.8 Å². The molecular formula is C21H15NO. The Morgan fingerprint density at radius 3 is 2.39 bits per heavy atom. The number of hydrogen-bond acceptors (Lipinski definition) is 2. The van der Waals surface area contributed by atoms with Gasteiger partial charge in [0.15, 0.2) is 5.58 Å². The van der Waals surface area contributed by atoms with Crippen LogP contribution in [-0.2, 0) is 0 Å². The van der Waals surface area contributed by atoms with Crippen LogP contribution in [0.3, 0.4) is 0 Å². The number of benzene rings is 3. The average Bonchev–Trinajstić information content (AvgIpc) is 2.97. The molecule has 0 amide bonds. The number of fused-ring (bicyclic) bond motifs is 7. The fraction of sp³-hybridized carbons (Fsp3) is 0.0952. The third-order valence-electron chi connectivity index (χ3n) is 4.89. The van der Waals surface area contributed by atoms with Crippen molar-refractivity contribution in [3.05, 3.63) is 65.9 Å². The topological polar surface area (TPSA) is 26.0 Å². The molecule has 2 nitrogen and oxygen atoms in total. The summed E-state index contributed by atoms with van der Waals surface area (Å²) in [6.45, 7) is 4.23. The maximum atomic E-state index is 6.26. The molecule has 0 radical (unpaired) electrons. The summed E-state index contributed by atoms with van der Waals surface area (Å²) in [5.41, 5.74) is 5.25. The van der Waals surface area contributed by atoms with Crippen LogP contribution in [0.4, 0.5) is 0 Å². The molecule has 2 heteroatoms. The summed E-state index contributed by atoms with van der Waals surface area (Å²) in [5.74, 6) is 0. The van der Waals surface area contributed by atoms with E-state index in [4.69, 9.17) is 9.40 Å². The maximum Gasteiger partial charge on any atom is 0.161 e. The molecule has 0 aliphatic heterocycles. The zero-order valence-electron chi connectivity index (χ0n) is 13.1. The highest BCUT2D eigenvalue weighted by molar-refractivity contribution is 6.19. The number of nitrogens with zero attached hydrogens (tertiary/aromatic N) is 1. The molecule has 0 bridgehead atoms. The van der Waals surface area contributed by atoms with Crippen molar-refractivity contribution in [1.29, 1.82) is 0 Å². The molecule has 5 aromatic rings. The molecule has 2 aromatic heterocycles. The molecule has 110 valence electrons. The number of pyridine rings is 1. The van der Waals surface area contributed by atoms with Crippen LogP contribution in [0.1, 0.15) is 11.1 Å². The first-order valence-corrected chi connectivity index (χ1v) is 7.83. The Morgan fingerprint density at radius 1 is 0.739 bits per heavy atom. The highest BCUT2D eigenvalue weighted by Gasteiger charge is 2.14. The highest BCUT2D eigenvalue weighted by atomic mass is 16.3. The number of rotatable bonds is 0. The van der Waals surface area contributed by atoms with E-state index in [2.05, 4.69) is 56.3 Å². The Labute approximate surface area is 133 Å². The molecule has 2 heterocycles. The quantitative estimate of drug-likeness (QED) is 0.332. The Hall–Kier alpha value is -2.87. The van der Waals surface area contributed by atoms with E-state index in [-0.39, 0.29) is 0 Å². The smallest absolute Gasteiger partial charge is 0.161 e. The Bertz CT molecular complexity index is 1230. The first-order valence-electron chi connectivity index (χ1n) is 7.83. The molecule has 5 rings (SSSR count). The molecule has 23 heavy (non-hydrogen) atoms. The second-order valence-electron chi connectivity index (χ2n) is 6.17. The predicted octanol–water partition coefficient (Wildman–Crippen LogP) is 5.90. The fourth-order valence-electron chi connectivity index (χ4n) is 3.46. The van der Waals surface area contributed by atoms with Gasteiger partial charge in [0.25, 0.3) is 0 Å². The Morgan fingerprint density at radius 2 is 1.48 bits per heavy atom. The van der Waals surface area contributed by atoms with Gasteiger partial charge in [-0.1, -0.05) is 42.5 Å². The van der Waals surface area contributed by atoms with E-state index in [1.807, 2.05) is 12.3 Å². The highest BCUT2D eigenvalue weighted by Crippen LogP contribution is 2.37. The molecule has 0 N–H and O–H groups in total. The normalized spacial score (nSPS) is 11.9. The summed E-state index contributed by atoms with van der Waals surface area (Å²) in [7, 11) is 0. The summed E-state index contributed by atoms with van der Waals surface area (Å²) < 4.78 is 6.26. The van der Waals surface area contributed by atoms with Crippen molar-refractivity contribution in [2.75, 3.05) is 0 Å². The Balaban J connectivity index is 2.04. The monoisotopic (exact) mass is 297 g/mol. The summed E-state index contributed by atoms with van der Waals surface area (Å²) in [6, 6.07) is 17.0. The van der Waals surface area contributed by atoms with Gasteiger partial charge in [-0.15, -0.1) is 0 Å². The average molecular weight is 297 g/mol. The van der Waals surface area contributed by atoms with Crippen molar-refractivity contribution < 1.29 is 4.42 Å². The minimum Gasteiger partial charge on any atom is -0.453 e. The van der Waals surface area contributed by atoms with E-state index >= 15 is 0 Å². The van der Waals surface area contributed by atoms with Gasteiger partial charge >= 0.3 is 0 Å². The van der Waals surface area contributed by atoms with Crippen LogP contribution < -0.4 is 0 Å². The van der Waals surface area contributed by atoms with E-state index in [0.29, 0.717) is 0 Å². The van der Waals surface area contributed by atoms with E-state index in [1.165, 1.54) is 21.9 Å². The van der Waals surface area contributed by atoms with Crippen molar-refractivity contribution in [2.45, 2.75) is 13.8 Å². The van der Waals surface area contributed by atoms with E-state index < -0.39 is 0 Å². The van der Waals surface area contributed by atoms with Crippen molar-refractivity contribution >= 4 is 43.6 Å². The molecule has 3 aromatic carbocycles. The number of hydrogen-bond donors (Lipinski definition) is 0. The molecule has 0 aliphatic rings.